The number of aromatic amines is 1. The normalized spacial score (nSPS) is 19.3. The summed E-state index contributed by atoms with van der Waals surface area (Å²) in [6, 6.07) is 10.1. The van der Waals surface area contributed by atoms with Crippen molar-refractivity contribution in [2.45, 2.75) is 50.9 Å². The molecule has 6 nitrogen and oxygen atoms in total. The lowest BCUT2D eigenvalue weighted by Crippen LogP contribution is -2.55. The second-order valence-electron chi connectivity index (χ2n) is 8.88. The van der Waals surface area contributed by atoms with Crippen molar-refractivity contribution >= 4 is 11.8 Å². The Balaban J connectivity index is 1.51. The smallest absolute Gasteiger partial charge is 0.245 e. The van der Waals surface area contributed by atoms with Crippen LogP contribution in [-0.2, 0) is 15.0 Å². The van der Waals surface area contributed by atoms with Crippen molar-refractivity contribution in [2.75, 3.05) is 26.2 Å². The van der Waals surface area contributed by atoms with Crippen LogP contribution in [0.25, 0.3) is 0 Å². The third-order valence-electron chi connectivity index (χ3n) is 7.15. The number of hydrogen-bond donors (Lipinski definition) is 1. The van der Waals surface area contributed by atoms with Gasteiger partial charge in [0.2, 0.25) is 11.8 Å². The summed E-state index contributed by atoms with van der Waals surface area (Å²) in [4.78, 5) is 37.9. The molecule has 0 unspecified atom stereocenters. The van der Waals surface area contributed by atoms with Gasteiger partial charge in [-0.2, -0.15) is 0 Å². The zero-order valence-corrected chi connectivity index (χ0v) is 18.6. The fourth-order valence-corrected chi connectivity index (χ4v) is 5.05. The van der Waals surface area contributed by atoms with Gasteiger partial charge in [-0.05, 0) is 51.2 Å². The number of rotatable bonds is 4. The number of benzene rings is 1. The van der Waals surface area contributed by atoms with Crippen LogP contribution in [0.15, 0.2) is 43.0 Å². The van der Waals surface area contributed by atoms with Gasteiger partial charge in [-0.15, -0.1) is 0 Å². The molecular weight excluding hydrogens is 388 g/mol. The van der Waals surface area contributed by atoms with Crippen LogP contribution in [0, 0.1) is 13.8 Å². The molecule has 164 valence electrons. The minimum atomic E-state index is -0.566. The van der Waals surface area contributed by atoms with Gasteiger partial charge in [0.1, 0.15) is 5.82 Å². The fraction of sp³-hybridized carbons (Fsp3) is 0.480. The molecule has 2 amide bonds. The van der Waals surface area contributed by atoms with E-state index in [-0.39, 0.29) is 11.8 Å². The summed E-state index contributed by atoms with van der Waals surface area (Å²) >= 11 is 0. The van der Waals surface area contributed by atoms with Crippen LogP contribution in [0.2, 0.25) is 0 Å². The van der Waals surface area contributed by atoms with Gasteiger partial charge >= 0.3 is 0 Å². The summed E-state index contributed by atoms with van der Waals surface area (Å²) in [5, 5.41) is 0. The maximum Gasteiger partial charge on any atom is 0.245 e. The van der Waals surface area contributed by atoms with Gasteiger partial charge in [0.05, 0.1) is 11.1 Å². The maximum atomic E-state index is 13.9. The summed E-state index contributed by atoms with van der Waals surface area (Å²) < 4.78 is 0. The minimum absolute atomic E-state index is 0.0565. The Kier molecular flexibility index (Phi) is 5.99. The topological polar surface area (TPSA) is 69.3 Å². The van der Waals surface area contributed by atoms with E-state index in [1.807, 2.05) is 30.0 Å². The molecule has 2 fully saturated rings. The molecule has 0 aliphatic carbocycles. The molecule has 1 N–H and O–H groups in total. The Bertz CT molecular complexity index is 930. The first-order valence-corrected chi connectivity index (χ1v) is 11.2. The number of carbonyl (C=O) groups is 2. The van der Waals surface area contributed by atoms with E-state index >= 15 is 0 Å². The third-order valence-corrected chi connectivity index (χ3v) is 7.15. The first kappa shape index (κ1) is 21.3. The number of imidazole rings is 1. The molecule has 0 saturated carbocycles. The van der Waals surface area contributed by atoms with Crippen molar-refractivity contribution in [3.8, 4) is 0 Å². The standard InChI is InChI=1S/C25H32N4O2/c1-4-22(30)28-16-12-25(13-17-28,21-8-6-5-7-9-21)24(31)29-14-10-20(11-15-29)23-26-18(2)19(3)27-23/h4-9,20H,1,10-17H2,2-3H3,(H,26,27). The maximum absolute atomic E-state index is 13.9. The molecule has 0 bridgehead atoms. The second kappa shape index (κ2) is 8.69. The number of aromatic nitrogens is 2. The van der Waals surface area contributed by atoms with E-state index in [1.165, 1.54) is 6.08 Å². The number of aryl methyl sites for hydroxylation is 2. The van der Waals surface area contributed by atoms with Gasteiger partial charge in [0, 0.05) is 37.8 Å². The van der Waals surface area contributed by atoms with Gasteiger partial charge in [0.25, 0.3) is 0 Å². The average Bonchev–Trinajstić information content (AvgIpc) is 3.17. The Labute approximate surface area is 184 Å². The molecule has 3 heterocycles. The number of likely N-dealkylation sites (tertiary alicyclic amines) is 2. The highest BCUT2D eigenvalue weighted by atomic mass is 16.2. The molecule has 0 spiro atoms. The number of amides is 2. The molecule has 1 aromatic carbocycles. The number of nitrogens with one attached hydrogen (secondary N) is 1. The number of hydrogen-bond acceptors (Lipinski definition) is 3. The highest BCUT2D eigenvalue weighted by Crippen LogP contribution is 2.39. The van der Waals surface area contributed by atoms with Gasteiger partial charge < -0.3 is 14.8 Å². The molecule has 0 radical (unpaired) electrons. The number of piperidine rings is 2. The van der Waals surface area contributed by atoms with Crippen LogP contribution in [-0.4, -0.2) is 57.8 Å². The fourth-order valence-electron chi connectivity index (χ4n) is 5.05. The molecule has 4 rings (SSSR count). The van der Waals surface area contributed by atoms with E-state index in [2.05, 4.69) is 35.6 Å². The highest BCUT2D eigenvalue weighted by Gasteiger charge is 2.46. The lowest BCUT2D eigenvalue weighted by Gasteiger charge is -2.44. The van der Waals surface area contributed by atoms with Crippen molar-refractivity contribution in [3.05, 3.63) is 65.8 Å². The molecule has 6 heteroatoms. The third kappa shape index (κ3) is 4.03. The Morgan fingerprint density at radius 2 is 1.71 bits per heavy atom. The lowest BCUT2D eigenvalue weighted by atomic mass is 9.71. The monoisotopic (exact) mass is 420 g/mol. The Morgan fingerprint density at radius 1 is 1.06 bits per heavy atom. The quantitative estimate of drug-likeness (QED) is 0.770. The first-order valence-electron chi connectivity index (χ1n) is 11.2. The van der Waals surface area contributed by atoms with Gasteiger partial charge in [-0.1, -0.05) is 36.9 Å². The molecule has 2 aliphatic heterocycles. The van der Waals surface area contributed by atoms with E-state index in [4.69, 9.17) is 0 Å². The summed E-state index contributed by atoms with van der Waals surface area (Å²) in [5.41, 5.74) is 2.67. The SMILES string of the molecule is C=CC(=O)N1CCC(C(=O)N2CCC(c3nc(C)c(C)[nH]3)CC2)(c2ccccc2)CC1. The lowest BCUT2D eigenvalue weighted by molar-refractivity contribution is -0.142. The van der Waals surface area contributed by atoms with Crippen molar-refractivity contribution in [1.29, 1.82) is 0 Å². The number of nitrogens with zero attached hydrogens (tertiary/aromatic N) is 3. The van der Waals surface area contributed by atoms with Crippen LogP contribution < -0.4 is 0 Å². The van der Waals surface area contributed by atoms with Crippen molar-refractivity contribution in [1.82, 2.24) is 19.8 Å². The van der Waals surface area contributed by atoms with Crippen LogP contribution in [0.1, 0.15) is 54.4 Å². The van der Waals surface area contributed by atoms with Crippen LogP contribution in [0.5, 0.6) is 0 Å². The van der Waals surface area contributed by atoms with Crippen LogP contribution in [0.4, 0.5) is 0 Å². The van der Waals surface area contributed by atoms with Crippen molar-refractivity contribution < 1.29 is 9.59 Å². The van der Waals surface area contributed by atoms with E-state index in [1.54, 1.807) is 4.90 Å². The molecule has 2 aromatic rings. The second-order valence-corrected chi connectivity index (χ2v) is 8.88. The summed E-state index contributed by atoms with van der Waals surface area (Å²) in [7, 11) is 0. The Hall–Kier alpha value is -2.89. The Morgan fingerprint density at radius 3 is 2.26 bits per heavy atom. The highest BCUT2D eigenvalue weighted by molar-refractivity contribution is 5.90. The predicted molar refractivity (Wildman–Crippen MR) is 121 cm³/mol. The average molecular weight is 421 g/mol. The van der Waals surface area contributed by atoms with Gasteiger partial charge in [-0.3, -0.25) is 9.59 Å². The van der Waals surface area contributed by atoms with E-state index < -0.39 is 5.41 Å². The molecule has 2 aliphatic rings. The minimum Gasteiger partial charge on any atom is -0.346 e. The first-order chi connectivity index (χ1) is 14.9. The molecule has 2 saturated heterocycles. The number of H-pyrrole nitrogens is 1. The van der Waals surface area contributed by atoms with Crippen molar-refractivity contribution in [2.24, 2.45) is 0 Å². The molecule has 31 heavy (non-hydrogen) atoms. The van der Waals surface area contributed by atoms with Crippen molar-refractivity contribution in [3.63, 3.8) is 0 Å². The van der Waals surface area contributed by atoms with E-state index in [0.717, 1.165) is 48.7 Å². The number of carbonyl (C=O) groups excluding carboxylic acids is 2. The zero-order valence-electron chi connectivity index (χ0n) is 18.6. The van der Waals surface area contributed by atoms with Crippen LogP contribution in [0.3, 0.4) is 0 Å². The van der Waals surface area contributed by atoms with E-state index in [0.29, 0.717) is 31.8 Å². The summed E-state index contributed by atoms with van der Waals surface area (Å²) in [5.74, 6) is 1.57. The van der Waals surface area contributed by atoms with Gasteiger partial charge in [0.15, 0.2) is 0 Å². The van der Waals surface area contributed by atoms with E-state index in [9.17, 15) is 9.59 Å². The molecule has 0 atom stereocenters. The summed E-state index contributed by atoms with van der Waals surface area (Å²) in [6.45, 7) is 10.3. The van der Waals surface area contributed by atoms with Crippen LogP contribution >= 0.6 is 0 Å². The molecule has 1 aromatic heterocycles. The largest absolute Gasteiger partial charge is 0.346 e. The zero-order chi connectivity index (χ0) is 22.0. The molecular formula is C25H32N4O2. The predicted octanol–water partition coefficient (Wildman–Crippen LogP) is 3.48. The van der Waals surface area contributed by atoms with Gasteiger partial charge in [-0.25, -0.2) is 4.98 Å². The summed E-state index contributed by atoms with van der Waals surface area (Å²) in [6.07, 6.45) is 4.49.